The van der Waals surface area contributed by atoms with Crippen molar-refractivity contribution in [2.75, 3.05) is 18.8 Å². The zero-order valence-corrected chi connectivity index (χ0v) is 17.8. The van der Waals surface area contributed by atoms with Crippen LogP contribution in [0, 0.1) is 13.8 Å². The molecule has 1 aromatic carbocycles. The van der Waals surface area contributed by atoms with Crippen LogP contribution in [0.5, 0.6) is 0 Å². The Kier molecular flexibility index (Phi) is 5.41. The lowest BCUT2D eigenvalue weighted by molar-refractivity contribution is 0.102. The Morgan fingerprint density at radius 1 is 1.10 bits per heavy atom. The third-order valence-electron chi connectivity index (χ3n) is 4.87. The number of carbonyl (C=O) groups excluding carboxylic acids is 1. The molecule has 1 aliphatic heterocycles. The van der Waals surface area contributed by atoms with E-state index in [-0.39, 0.29) is 16.4 Å². The predicted octanol–water partition coefficient (Wildman–Crippen LogP) is 2.50. The van der Waals surface area contributed by atoms with Gasteiger partial charge in [0.15, 0.2) is 10.9 Å². The van der Waals surface area contributed by atoms with E-state index < -0.39 is 10.0 Å². The smallest absolute Gasteiger partial charge is 0.256 e. The van der Waals surface area contributed by atoms with Crippen molar-refractivity contribution >= 4 is 33.3 Å². The van der Waals surface area contributed by atoms with Gasteiger partial charge in [0.1, 0.15) is 0 Å². The maximum absolute atomic E-state index is 12.6. The Labute approximate surface area is 173 Å². The largest absolute Gasteiger partial charge is 0.293 e. The second-order valence-corrected chi connectivity index (χ2v) is 9.88. The number of benzene rings is 1. The predicted molar refractivity (Wildman–Crippen MR) is 110 cm³/mol. The SMILES string of the molecule is Cc1cc(C)n2c(SCC(=O)c3ccc(S(=O)(=O)N4CCCC4)cc3)nnc2n1. The standard InChI is InChI=1S/C19H21N5O3S2/c1-13-11-14(2)24-18(20-13)21-22-19(24)28-12-17(25)15-5-7-16(8-6-15)29(26,27)23-9-3-4-10-23/h5-8,11H,3-4,9-10,12H2,1-2H3. The van der Waals surface area contributed by atoms with Crippen molar-refractivity contribution in [2.24, 2.45) is 0 Å². The van der Waals surface area contributed by atoms with E-state index in [1.165, 1.54) is 28.2 Å². The minimum atomic E-state index is -3.47. The van der Waals surface area contributed by atoms with E-state index >= 15 is 0 Å². The number of sulfonamides is 1. The second kappa shape index (κ2) is 7.85. The van der Waals surface area contributed by atoms with Crippen molar-refractivity contribution in [3.8, 4) is 0 Å². The maximum atomic E-state index is 12.6. The number of Topliss-reactive ketones (excluding diaryl/α,β-unsaturated/α-hetero) is 1. The number of thioether (sulfide) groups is 1. The Morgan fingerprint density at radius 3 is 2.48 bits per heavy atom. The Bertz CT molecular complexity index is 1170. The van der Waals surface area contributed by atoms with Gasteiger partial charge in [-0.1, -0.05) is 23.9 Å². The van der Waals surface area contributed by atoms with Gasteiger partial charge >= 0.3 is 0 Å². The molecule has 1 saturated heterocycles. The van der Waals surface area contributed by atoms with Gasteiger partial charge in [-0.25, -0.2) is 13.4 Å². The molecule has 10 heteroatoms. The number of carbonyl (C=O) groups is 1. The molecule has 0 atom stereocenters. The van der Waals surface area contributed by atoms with Crippen molar-refractivity contribution in [1.82, 2.24) is 23.9 Å². The molecule has 2 aromatic heterocycles. The summed E-state index contributed by atoms with van der Waals surface area (Å²) in [6, 6.07) is 8.10. The molecule has 29 heavy (non-hydrogen) atoms. The molecule has 0 aliphatic carbocycles. The Balaban J connectivity index is 1.47. The van der Waals surface area contributed by atoms with Crippen LogP contribution in [0.1, 0.15) is 34.6 Å². The normalized spacial score (nSPS) is 15.2. The van der Waals surface area contributed by atoms with E-state index in [2.05, 4.69) is 15.2 Å². The quantitative estimate of drug-likeness (QED) is 0.437. The zero-order chi connectivity index (χ0) is 20.6. The molecule has 0 N–H and O–H groups in total. The number of hydrogen-bond donors (Lipinski definition) is 0. The summed E-state index contributed by atoms with van der Waals surface area (Å²) in [5.74, 6) is 0.579. The fourth-order valence-corrected chi connectivity index (χ4v) is 5.79. The highest BCUT2D eigenvalue weighted by atomic mass is 32.2. The molecule has 3 heterocycles. The van der Waals surface area contributed by atoms with Crippen LogP contribution in [0.25, 0.3) is 5.78 Å². The molecule has 1 aliphatic rings. The summed E-state index contributed by atoms with van der Waals surface area (Å²) >= 11 is 1.28. The number of hydrogen-bond acceptors (Lipinski definition) is 7. The topological polar surface area (TPSA) is 97.5 Å². The van der Waals surface area contributed by atoms with Crippen LogP contribution in [-0.2, 0) is 10.0 Å². The van der Waals surface area contributed by atoms with E-state index in [4.69, 9.17) is 0 Å². The number of ketones is 1. The van der Waals surface area contributed by atoms with Gasteiger partial charge in [0.05, 0.1) is 10.6 Å². The van der Waals surface area contributed by atoms with E-state index in [1.807, 2.05) is 24.3 Å². The van der Waals surface area contributed by atoms with Crippen LogP contribution in [-0.4, -0.2) is 56.9 Å². The first-order chi connectivity index (χ1) is 13.9. The molecule has 0 unspecified atom stereocenters. The van der Waals surface area contributed by atoms with E-state index in [9.17, 15) is 13.2 Å². The van der Waals surface area contributed by atoms with Gasteiger partial charge in [-0.2, -0.15) is 4.31 Å². The summed E-state index contributed by atoms with van der Waals surface area (Å²) in [4.78, 5) is 17.1. The minimum Gasteiger partial charge on any atom is -0.293 e. The highest BCUT2D eigenvalue weighted by Gasteiger charge is 2.27. The monoisotopic (exact) mass is 431 g/mol. The highest BCUT2D eigenvalue weighted by molar-refractivity contribution is 7.99. The number of aromatic nitrogens is 4. The average molecular weight is 432 g/mol. The van der Waals surface area contributed by atoms with Crippen molar-refractivity contribution in [3.63, 3.8) is 0 Å². The van der Waals surface area contributed by atoms with Gasteiger partial charge in [0.25, 0.3) is 5.78 Å². The molecule has 8 nitrogen and oxygen atoms in total. The maximum Gasteiger partial charge on any atom is 0.256 e. The lowest BCUT2D eigenvalue weighted by Gasteiger charge is -2.15. The number of fused-ring (bicyclic) bond motifs is 1. The van der Waals surface area contributed by atoms with Gasteiger partial charge in [-0.3, -0.25) is 9.20 Å². The summed E-state index contributed by atoms with van der Waals surface area (Å²) in [6.45, 7) is 4.95. The molecular weight excluding hydrogens is 410 g/mol. The van der Waals surface area contributed by atoms with Crippen molar-refractivity contribution < 1.29 is 13.2 Å². The fourth-order valence-electron chi connectivity index (χ4n) is 3.40. The van der Waals surface area contributed by atoms with Crippen LogP contribution in [0.3, 0.4) is 0 Å². The van der Waals surface area contributed by atoms with Crippen molar-refractivity contribution in [1.29, 1.82) is 0 Å². The summed E-state index contributed by atoms with van der Waals surface area (Å²) in [7, 11) is -3.47. The van der Waals surface area contributed by atoms with Crippen molar-refractivity contribution in [3.05, 3.63) is 47.3 Å². The third kappa shape index (κ3) is 3.92. The molecule has 0 radical (unpaired) electrons. The zero-order valence-electron chi connectivity index (χ0n) is 16.2. The number of aryl methyl sites for hydroxylation is 2. The van der Waals surface area contributed by atoms with Crippen LogP contribution < -0.4 is 0 Å². The van der Waals surface area contributed by atoms with Gasteiger partial charge in [0, 0.05) is 30.0 Å². The average Bonchev–Trinajstić information content (AvgIpc) is 3.36. The Morgan fingerprint density at radius 2 is 1.79 bits per heavy atom. The Hall–Kier alpha value is -2.30. The van der Waals surface area contributed by atoms with Crippen LogP contribution >= 0.6 is 11.8 Å². The third-order valence-corrected chi connectivity index (χ3v) is 7.72. The summed E-state index contributed by atoms with van der Waals surface area (Å²) in [6.07, 6.45) is 1.78. The second-order valence-electron chi connectivity index (χ2n) is 7.00. The summed E-state index contributed by atoms with van der Waals surface area (Å²) in [5, 5.41) is 8.80. The highest BCUT2D eigenvalue weighted by Crippen LogP contribution is 2.23. The first-order valence-electron chi connectivity index (χ1n) is 9.32. The van der Waals surface area contributed by atoms with Crippen LogP contribution in [0.4, 0.5) is 0 Å². The molecule has 152 valence electrons. The number of rotatable bonds is 6. The van der Waals surface area contributed by atoms with Gasteiger partial charge < -0.3 is 0 Å². The molecule has 0 amide bonds. The fraction of sp³-hybridized carbons (Fsp3) is 0.368. The molecule has 0 spiro atoms. The molecule has 0 saturated carbocycles. The first-order valence-corrected chi connectivity index (χ1v) is 11.7. The van der Waals surface area contributed by atoms with Crippen LogP contribution in [0.15, 0.2) is 40.4 Å². The minimum absolute atomic E-state index is 0.102. The van der Waals surface area contributed by atoms with E-state index in [0.717, 1.165) is 24.2 Å². The molecule has 0 bridgehead atoms. The molecule has 3 aromatic rings. The van der Waals surface area contributed by atoms with Gasteiger partial charge in [-0.05, 0) is 44.9 Å². The summed E-state index contributed by atoms with van der Waals surface area (Å²) in [5.41, 5.74) is 2.28. The van der Waals surface area contributed by atoms with Crippen LogP contribution in [0.2, 0.25) is 0 Å². The first kappa shape index (κ1) is 20.0. The lowest BCUT2D eigenvalue weighted by atomic mass is 10.1. The van der Waals surface area contributed by atoms with Gasteiger partial charge in [0.2, 0.25) is 10.0 Å². The number of nitrogens with zero attached hydrogens (tertiary/aromatic N) is 5. The van der Waals surface area contributed by atoms with Crippen molar-refractivity contribution in [2.45, 2.75) is 36.7 Å². The molecule has 4 rings (SSSR count). The molecular formula is C19H21N5O3S2. The van der Waals surface area contributed by atoms with E-state index in [0.29, 0.717) is 29.6 Å². The van der Waals surface area contributed by atoms with Gasteiger partial charge in [-0.15, -0.1) is 10.2 Å². The molecule has 1 fully saturated rings. The lowest BCUT2D eigenvalue weighted by Crippen LogP contribution is -2.27. The summed E-state index contributed by atoms with van der Waals surface area (Å²) < 4.78 is 28.5. The van der Waals surface area contributed by atoms with E-state index in [1.54, 1.807) is 12.1 Å².